The summed E-state index contributed by atoms with van der Waals surface area (Å²) in [6.07, 6.45) is 0.384. The molecule has 0 atom stereocenters. The quantitative estimate of drug-likeness (QED) is 0.757. The van der Waals surface area contributed by atoms with E-state index in [0.29, 0.717) is 42.6 Å². The molecule has 0 saturated carbocycles. The summed E-state index contributed by atoms with van der Waals surface area (Å²) in [5, 5.41) is 6.36. The van der Waals surface area contributed by atoms with Gasteiger partial charge in [0.15, 0.2) is 0 Å². The fourth-order valence-electron chi connectivity index (χ4n) is 1.51. The first-order chi connectivity index (χ1) is 8.99. The molecule has 2 N–H and O–H groups in total. The van der Waals surface area contributed by atoms with Crippen molar-refractivity contribution in [1.29, 1.82) is 0 Å². The molecule has 19 heavy (non-hydrogen) atoms. The number of benzene rings is 1. The minimum absolute atomic E-state index is 0.00719. The Kier molecular flexibility index (Phi) is 6.81. The van der Waals surface area contributed by atoms with Gasteiger partial charge in [-0.15, -0.1) is 0 Å². The average Bonchev–Trinajstić information content (AvgIpc) is 2.36. The standard InChI is InChI=1S/C14H20ClFN2O/c1-10(2)8-18-14(19)5-6-17-9-11-7-12(15)3-4-13(11)16/h3-4,7,10,17H,5-6,8-9H2,1-2H3,(H,18,19). The number of rotatable bonds is 7. The van der Waals surface area contributed by atoms with Gasteiger partial charge in [0.25, 0.3) is 0 Å². The smallest absolute Gasteiger partial charge is 0.221 e. The van der Waals surface area contributed by atoms with E-state index in [1.807, 2.05) is 13.8 Å². The molecule has 0 spiro atoms. The summed E-state index contributed by atoms with van der Waals surface area (Å²) in [6, 6.07) is 4.44. The normalized spacial score (nSPS) is 10.8. The van der Waals surface area contributed by atoms with Crippen molar-refractivity contribution in [2.45, 2.75) is 26.8 Å². The number of hydrogen-bond donors (Lipinski definition) is 2. The van der Waals surface area contributed by atoms with Gasteiger partial charge in [-0.3, -0.25) is 4.79 Å². The predicted molar refractivity (Wildman–Crippen MR) is 75.6 cm³/mol. The van der Waals surface area contributed by atoms with Gasteiger partial charge in [-0.1, -0.05) is 25.4 Å². The van der Waals surface area contributed by atoms with Crippen molar-refractivity contribution in [3.05, 3.63) is 34.6 Å². The van der Waals surface area contributed by atoms with Crippen molar-refractivity contribution in [2.75, 3.05) is 13.1 Å². The zero-order chi connectivity index (χ0) is 14.3. The van der Waals surface area contributed by atoms with Crippen LogP contribution in [0.15, 0.2) is 18.2 Å². The number of halogens is 2. The lowest BCUT2D eigenvalue weighted by atomic mass is 10.2. The van der Waals surface area contributed by atoms with Crippen LogP contribution in [0.3, 0.4) is 0 Å². The molecule has 0 aliphatic heterocycles. The summed E-state index contributed by atoms with van der Waals surface area (Å²) < 4.78 is 13.4. The summed E-state index contributed by atoms with van der Waals surface area (Å²) in [5.41, 5.74) is 0.509. The SMILES string of the molecule is CC(C)CNC(=O)CCNCc1cc(Cl)ccc1F. The molecule has 1 rings (SSSR count). The fourth-order valence-corrected chi connectivity index (χ4v) is 1.70. The maximum Gasteiger partial charge on any atom is 0.221 e. The number of carbonyl (C=O) groups is 1. The summed E-state index contributed by atoms with van der Waals surface area (Å²) in [4.78, 5) is 11.4. The van der Waals surface area contributed by atoms with Crippen LogP contribution in [-0.4, -0.2) is 19.0 Å². The molecule has 5 heteroatoms. The Morgan fingerprint density at radius 3 is 2.84 bits per heavy atom. The third kappa shape index (κ3) is 6.55. The van der Waals surface area contributed by atoms with Gasteiger partial charge in [-0.2, -0.15) is 0 Å². The van der Waals surface area contributed by atoms with Crippen molar-refractivity contribution >= 4 is 17.5 Å². The second-order valence-corrected chi connectivity index (χ2v) is 5.30. The third-order valence-corrected chi connectivity index (χ3v) is 2.79. The van der Waals surface area contributed by atoms with Gasteiger partial charge < -0.3 is 10.6 Å². The van der Waals surface area contributed by atoms with E-state index in [2.05, 4.69) is 10.6 Å². The van der Waals surface area contributed by atoms with E-state index in [1.54, 1.807) is 6.07 Å². The summed E-state index contributed by atoms with van der Waals surface area (Å²) in [5.74, 6) is 0.159. The molecule has 106 valence electrons. The molecular weight excluding hydrogens is 267 g/mol. The van der Waals surface area contributed by atoms with Gasteiger partial charge >= 0.3 is 0 Å². The predicted octanol–water partition coefficient (Wildman–Crippen LogP) is 2.73. The van der Waals surface area contributed by atoms with E-state index in [9.17, 15) is 9.18 Å². The molecule has 0 saturated heterocycles. The maximum atomic E-state index is 13.4. The third-order valence-electron chi connectivity index (χ3n) is 2.56. The second-order valence-electron chi connectivity index (χ2n) is 4.86. The van der Waals surface area contributed by atoms with Crippen LogP contribution in [-0.2, 0) is 11.3 Å². The fraction of sp³-hybridized carbons (Fsp3) is 0.500. The van der Waals surface area contributed by atoms with Crippen molar-refractivity contribution in [1.82, 2.24) is 10.6 Å². The minimum Gasteiger partial charge on any atom is -0.356 e. The van der Waals surface area contributed by atoms with Gasteiger partial charge in [-0.25, -0.2) is 4.39 Å². The highest BCUT2D eigenvalue weighted by Gasteiger charge is 2.04. The topological polar surface area (TPSA) is 41.1 Å². The zero-order valence-corrected chi connectivity index (χ0v) is 12.1. The minimum atomic E-state index is -0.291. The number of hydrogen-bond acceptors (Lipinski definition) is 2. The van der Waals surface area contributed by atoms with E-state index >= 15 is 0 Å². The molecule has 1 aromatic rings. The highest BCUT2D eigenvalue weighted by Crippen LogP contribution is 2.14. The van der Waals surface area contributed by atoms with E-state index in [0.717, 1.165) is 0 Å². The summed E-state index contributed by atoms with van der Waals surface area (Å²) in [7, 11) is 0. The molecule has 1 amide bonds. The lowest BCUT2D eigenvalue weighted by molar-refractivity contribution is -0.121. The summed E-state index contributed by atoms with van der Waals surface area (Å²) in [6.45, 7) is 5.64. The van der Waals surface area contributed by atoms with Gasteiger partial charge in [-0.05, 0) is 24.1 Å². The van der Waals surface area contributed by atoms with Crippen LogP contribution in [0.1, 0.15) is 25.8 Å². The van der Waals surface area contributed by atoms with Crippen molar-refractivity contribution < 1.29 is 9.18 Å². The lowest BCUT2D eigenvalue weighted by Crippen LogP contribution is -2.30. The zero-order valence-electron chi connectivity index (χ0n) is 11.3. The largest absolute Gasteiger partial charge is 0.356 e. The highest BCUT2D eigenvalue weighted by atomic mass is 35.5. The van der Waals surface area contributed by atoms with Crippen LogP contribution in [0.2, 0.25) is 5.02 Å². The Morgan fingerprint density at radius 1 is 1.42 bits per heavy atom. The molecule has 0 fully saturated rings. The summed E-state index contributed by atoms with van der Waals surface area (Å²) >= 11 is 5.79. The first kappa shape index (κ1) is 15.9. The molecule has 0 unspecified atom stereocenters. The lowest BCUT2D eigenvalue weighted by Gasteiger charge is -2.09. The molecule has 0 radical (unpaired) electrons. The van der Waals surface area contributed by atoms with E-state index in [-0.39, 0.29) is 11.7 Å². The number of carbonyl (C=O) groups excluding carboxylic acids is 1. The molecule has 0 aliphatic carbocycles. The van der Waals surface area contributed by atoms with Gasteiger partial charge in [0.1, 0.15) is 5.82 Å². The van der Waals surface area contributed by atoms with Crippen LogP contribution >= 0.6 is 11.6 Å². The van der Waals surface area contributed by atoms with Crippen molar-refractivity contribution in [2.24, 2.45) is 5.92 Å². The second kappa shape index (κ2) is 8.12. The Bertz CT molecular complexity index is 424. The average molecular weight is 287 g/mol. The Balaban J connectivity index is 2.23. The van der Waals surface area contributed by atoms with Crippen molar-refractivity contribution in [3.63, 3.8) is 0 Å². The van der Waals surface area contributed by atoms with Gasteiger partial charge in [0.05, 0.1) is 0 Å². The van der Waals surface area contributed by atoms with E-state index in [4.69, 9.17) is 11.6 Å². The van der Waals surface area contributed by atoms with E-state index in [1.165, 1.54) is 12.1 Å². The molecule has 0 aliphatic rings. The van der Waals surface area contributed by atoms with Crippen LogP contribution in [0.4, 0.5) is 4.39 Å². The van der Waals surface area contributed by atoms with E-state index < -0.39 is 0 Å². The van der Waals surface area contributed by atoms with Crippen LogP contribution in [0.5, 0.6) is 0 Å². The first-order valence-corrected chi connectivity index (χ1v) is 6.78. The highest BCUT2D eigenvalue weighted by molar-refractivity contribution is 6.30. The molecule has 0 aromatic heterocycles. The van der Waals surface area contributed by atoms with Crippen LogP contribution in [0.25, 0.3) is 0 Å². The van der Waals surface area contributed by atoms with Crippen LogP contribution < -0.4 is 10.6 Å². The van der Waals surface area contributed by atoms with Crippen molar-refractivity contribution in [3.8, 4) is 0 Å². The molecule has 0 heterocycles. The monoisotopic (exact) mass is 286 g/mol. The first-order valence-electron chi connectivity index (χ1n) is 6.40. The molecular formula is C14H20ClFN2O. The van der Waals surface area contributed by atoms with Crippen LogP contribution in [0, 0.1) is 11.7 Å². The van der Waals surface area contributed by atoms with Gasteiger partial charge in [0, 0.05) is 36.6 Å². The maximum absolute atomic E-state index is 13.4. The molecule has 3 nitrogen and oxygen atoms in total. The Labute approximate surface area is 118 Å². The Morgan fingerprint density at radius 2 is 2.16 bits per heavy atom. The Hall–Kier alpha value is -1.13. The number of nitrogens with one attached hydrogen (secondary N) is 2. The number of amides is 1. The van der Waals surface area contributed by atoms with Gasteiger partial charge in [0.2, 0.25) is 5.91 Å². The molecule has 1 aromatic carbocycles. The molecule has 0 bridgehead atoms.